The summed E-state index contributed by atoms with van der Waals surface area (Å²) >= 11 is 3.58. The molecule has 0 saturated carbocycles. The van der Waals surface area contributed by atoms with Crippen LogP contribution in [0.2, 0.25) is 0 Å². The maximum atomic E-state index is 5.19. The Kier molecular flexibility index (Phi) is 16.4. The van der Waals surface area contributed by atoms with E-state index < -0.39 is 0 Å². The number of fused-ring (bicyclic) bond motifs is 10. The molecule has 12 aromatic carbocycles. The highest BCUT2D eigenvalue weighted by molar-refractivity contribution is 7.27. The lowest BCUT2D eigenvalue weighted by molar-refractivity contribution is 1.07. The Morgan fingerprint density at radius 3 is 0.896 bits per heavy atom. The molecule has 0 saturated heterocycles. The molecule has 20 aromatic rings. The van der Waals surface area contributed by atoms with Crippen molar-refractivity contribution >= 4 is 84.8 Å². The van der Waals surface area contributed by atoms with Crippen molar-refractivity contribution in [3.63, 3.8) is 0 Å². The van der Waals surface area contributed by atoms with Gasteiger partial charge in [0.05, 0.1) is 38.0 Å². The minimum Gasteiger partial charge on any atom is -0.264 e. The van der Waals surface area contributed by atoms with Gasteiger partial charge < -0.3 is 0 Å². The first-order valence-electron chi connectivity index (χ1n) is 35.0. The molecule has 0 aliphatic rings. The maximum Gasteiger partial charge on any atom is 0.164 e. The fraction of sp³-hybridized carbons (Fsp3) is 0. The van der Waals surface area contributed by atoms with Gasteiger partial charge in [0.1, 0.15) is 0 Å². The van der Waals surface area contributed by atoms with E-state index in [1.807, 2.05) is 104 Å². The van der Waals surface area contributed by atoms with Crippen molar-refractivity contribution in [1.29, 1.82) is 0 Å². The molecular weight excluding hydrogens is 1330 g/mol. The molecule has 0 unspecified atom stereocenters. The molecule has 0 aliphatic carbocycles. The monoisotopic (exact) mass is 1390 g/mol. The molecule has 20 rings (SSSR count). The van der Waals surface area contributed by atoms with Crippen molar-refractivity contribution in [3.05, 3.63) is 352 Å². The van der Waals surface area contributed by atoms with E-state index >= 15 is 0 Å². The van der Waals surface area contributed by atoms with Gasteiger partial charge in [-0.15, -0.1) is 22.7 Å². The van der Waals surface area contributed by atoms with Crippen LogP contribution in [0.3, 0.4) is 0 Å². The summed E-state index contributed by atoms with van der Waals surface area (Å²) in [7, 11) is 0. The maximum absolute atomic E-state index is 5.19. The summed E-state index contributed by atoms with van der Waals surface area (Å²) in [6.45, 7) is 0. The van der Waals surface area contributed by atoms with Gasteiger partial charge >= 0.3 is 0 Å². The number of aromatic nitrogens is 10. The summed E-state index contributed by atoms with van der Waals surface area (Å²) < 4.78 is 4.86. The molecule has 496 valence electrons. The number of pyridine rings is 4. The topological polar surface area (TPSA) is 129 Å². The summed E-state index contributed by atoms with van der Waals surface area (Å²) in [5, 5.41) is 7.15. The van der Waals surface area contributed by atoms with Crippen LogP contribution in [-0.2, 0) is 0 Å². The van der Waals surface area contributed by atoms with Crippen LogP contribution < -0.4 is 0 Å². The third-order valence-electron chi connectivity index (χ3n) is 19.3. The number of nitrogens with zero attached hydrogens (tertiary/aromatic N) is 10. The van der Waals surface area contributed by atoms with Gasteiger partial charge in [0.15, 0.2) is 34.9 Å². The molecule has 0 fully saturated rings. The largest absolute Gasteiger partial charge is 0.264 e. The smallest absolute Gasteiger partial charge is 0.164 e. The van der Waals surface area contributed by atoms with E-state index in [2.05, 4.69) is 259 Å². The molecule has 10 nitrogen and oxygen atoms in total. The van der Waals surface area contributed by atoms with Crippen LogP contribution in [0.1, 0.15) is 0 Å². The Hall–Kier alpha value is -13.8. The fourth-order valence-corrected chi connectivity index (χ4v) is 16.4. The van der Waals surface area contributed by atoms with Crippen LogP contribution in [0, 0.1) is 0 Å². The number of hydrogen-bond donors (Lipinski definition) is 0. The summed E-state index contributed by atoms with van der Waals surface area (Å²) in [6.07, 6.45) is 7.47. The lowest BCUT2D eigenvalue weighted by Crippen LogP contribution is -2.00. The second kappa shape index (κ2) is 27.5. The van der Waals surface area contributed by atoms with E-state index in [0.717, 1.165) is 111 Å². The van der Waals surface area contributed by atoms with Gasteiger partial charge in [-0.3, -0.25) is 9.97 Å². The second-order valence-electron chi connectivity index (χ2n) is 25.9. The summed E-state index contributed by atoms with van der Waals surface area (Å²) in [6, 6.07) is 113. The van der Waals surface area contributed by atoms with Crippen LogP contribution in [0.4, 0.5) is 0 Å². The third-order valence-corrected chi connectivity index (χ3v) is 21.6. The molecular formula is C94H58N10S2. The van der Waals surface area contributed by atoms with Crippen LogP contribution in [-0.4, -0.2) is 49.8 Å². The Morgan fingerprint density at radius 1 is 0.189 bits per heavy atom. The highest BCUT2D eigenvalue weighted by Crippen LogP contribution is 2.46. The van der Waals surface area contributed by atoms with Gasteiger partial charge in [0.2, 0.25) is 0 Å². The molecule has 8 heterocycles. The first kappa shape index (κ1) is 63.2. The third kappa shape index (κ3) is 12.2. The molecule has 0 amide bonds. The number of hydrogen-bond acceptors (Lipinski definition) is 12. The SMILES string of the molecule is c1ccc(-c2ccc(-c3nc(-c4ccccc4)nc(-c4ccc(-c5cccc(-c6nc7ccncc7c7c6sc6ccccc67)c5)cc4)n3)cc2)cc1.c1ccc(-c2ccc(-c3nc(-c4ccccc4)nc(-c4ccc(-c5cccc(-c6nc7cnccc7c7c6sc6ccccc67)c5)cc4)n3)cc2)cc1. The molecule has 0 spiro atoms. The Bertz CT molecular complexity index is 6250. The van der Waals surface area contributed by atoms with Gasteiger partial charge in [-0.25, -0.2) is 39.9 Å². The fourth-order valence-electron chi connectivity index (χ4n) is 14.0. The van der Waals surface area contributed by atoms with Crippen molar-refractivity contribution in [2.75, 3.05) is 0 Å². The molecule has 0 radical (unpaired) electrons. The predicted molar refractivity (Wildman–Crippen MR) is 437 cm³/mol. The van der Waals surface area contributed by atoms with E-state index in [-0.39, 0.29) is 0 Å². The summed E-state index contributed by atoms with van der Waals surface area (Å²) in [5.74, 6) is 3.80. The molecule has 0 atom stereocenters. The zero-order chi connectivity index (χ0) is 70.3. The average molecular weight is 1390 g/mol. The van der Waals surface area contributed by atoms with Gasteiger partial charge in [-0.1, -0.05) is 291 Å². The molecule has 0 N–H and O–H groups in total. The van der Waals surface area contributed by atoms with Crippen LogP contribution in [0.5, 0.6) is 0 Å². The quantitative estimate of drug-likeness (QED) is 0.117. The second-order valence-corrected chi connectivity index (χ2v) is 28.0. The summed E-state index contributed by atoms with van der Waals surface area (Å²) in [4.78, 5) is 49.0. The van der Waals surface area contributed by atoms with E-state index in [0.29, 0.717) is 34.9 Å². The van der Waals surface area contributed by atoms with E-state index in [4.69, 9.17) is 39.9 Å². The first-order valence-corrected chi connectivity index (χ1v) is 36.6. The van der Waals surface area contributed by atoms with E-state index in [9.17, 15) is 0 Å². The molecule has 0 aliphatic heterocycles. The van der Waals surface area contributed by atoms with E-state index in [1.54, 1.807) is 22.7 Å². The predicted octanol–water partition coefficient (Wildman–Crippen LogP) is 24.4. The Labute approximate surface area is 618 Å². The van der Waals surface area contributed by atoms with Crippen LogP contribution >= 0.6 is 22.7 Å². The minimum atomic E-state index is 0.627. The van der Waals surface area contributed by atoms with E-state index in [1.165, 1.54) is 51.5 Å². The Balaban J connectivity index is 0.000000145. The van der Waals surface area contributed by atoms with Crippen molar-refractivity contribution in [2.24, 2.45) is 0 Å². The van der Waals surface area contributed by atoms with Gasteiger partial charge in [-0.2, -0.15) is 0 Å². The van der Waals surface area contributed by atoms with Crippen molar-refractivity contribution in [2.45, 2.75) is 0 Å². The molecule has 8 aromatic heterocycles. The number of benzene rings is 12. The Morgan fingerprint density at radius 2 is 0.481 bits per heavy atom. The lowest BCUT2D eigenvalue weighted by Gasteiger charge is -2.11. The van der Waals surface area contributed by atoms with Crippen molar-refractivity contribution in [1.82, 2.24) is 49.8 Å². The standard InChI is InChI=1S/2C47H29N5S/c1-3-10-30(11-4-1)31-18-22-34(23-19-31)46-50-45(33-12-5-2-6-13-33)51-47(52-46)35-24-20-32(21-25-35)36-14-9-15-37(28-36)43-44-42(38-26-27-48-29-40(38)49-43)39-16-7-8-17-41(39)53-44;1-3-10-30(11-4-1)31-18-22-34(23-19-31)46-50-45(33-12-5-2-6-13-33)51-47(52-46)35-24-20-32(21-25-35)36-14-9-15-37(28-36)43-44-42(38-16-7-8-17-41(38)53-44)39-29-48-27-26-40(39)49-43/h2*1-29H. The molecule has 0 bridgehead atoms. The molecule has 106 heavy (non-hydrogen) atoms. The van der Waals surface area contributed by atoms with Gasteiger partial charge in [0, 0.05) is 105 Å². The highest BCUT2D eigenvalue weighted by Gasteiger charge is 2.21. The van der Waals surface area contributed by atoms with Crippen molar-refractivity contribution in [3.8, 4) is 135 Å². The first-order chi connectivity index (χ1) is 52.5. The molecule has 12 heteroatoms. The van der Waals surface area contributed by atoms with Crippen molar-refractivity contribution < 1.29 is 0 Å². The van der Waals surface area contributed by atoms with Crippen LogP contribution in [0.25, 0.3) is 197 Å². The van der Waals surface area contributed by atoms with Gasteiger partial charge in [0.25, 0.3) is 0 Å². The highest BCUT2D eigenvalue weighted by atomic mass is 32.1. The van der Waals surface area contributed by atoms with Crippen LogP contribution in [0.15, 0.2) is 352 Å². The summed E-state index contributed by atoms with van der Waals surface area (Å²) in [5.41, 5.74) is 20.6. The zero-order valence-corrected chi connectivity index (χ0v) is 58.4. The minimum absolute atomic E-state index is 0.627. The lowest BCUT2D eigenvalue weighted by atomic mass is 9.99. The zero-order valence-electron chi connectivity index (χ0n) is 56.8. The average Bonchev–Trinajstić information content (AvgIpc) is 1.68. The number of rotatable bonds is 12. The normalized spacial score (nSPS) is 11.4. The number of thiophene rings is 2. The van der Waals surface area contributed by atoms with Gasteiger partial charge in [-0.05, 0) is 80.9 Å².